The van der Waals surface area contributed by atoms with Crippen LogP contribution in [0.3, 0.4) is 0 Å². The molecule has 0 unspecified atom stereocenters. The van der Waals surface area contributed by atoms with Crippen LogP contribution in [0.4, 0.5) is 5.69 Å². The summed E-state index contributed by atoms with van der Waals surface area (Å²) in [5.74, 6) is 0.867. The van der Waals surface area contributed by atoms with Gasteiger partial charge in [0, 0.05) is 12.1 Å². The van der Waals surface area contributed by atoms with Crippen LogP contribution in [0.1, 0.15) is 28.1 Å². The van der Waals surface area contributed by atoms with Gasteiger partial charge in [-0.15, -0.1) is 0 Å². The summed E-state index contributed by atoms with van der Waals surface area (Å²) >= 11 is 0. The molecule has 0 aliphatic rings. The highest BCUT2D eigenvalue weighted by Gasteiger charge is 2.14. The molecule has 0 fully saturated rings. The number of ether oxygens (including phenoxy) is 1. The van der Waals surface area contributed by atoms with E-state index in [1.54, 1.807) is 6.07 Å². The van der Waals surface area contributed by atoms with Crippen molar-refractivity contribution in [3.63, 3.8) is 0 Å². The van der Waals surface area contributed by atoms with Crippen molar-refractivity contribution >= 4 is 5.69 Å². The van der Waals surface area contributed by atoms with Gasteiger partial charge in [0.05, 0.1) is 12.2 Å². The van der Waals surface area contributed by atoms with E-state index >= 15 is 0 Å². The first-order chi connectivity index (χ1) is 12.6. The number of para-hydroxylation sites is 1. The molecule has 0 saturated heterocycles. The van der Waals surface area contributed by atoms with Crippen LogP contribution in [0, 0.1) is 25.2 Å². The molecule has 0 bridgehead atoms. The fourth-order valence-corrected chi connectivity index (χ4v) is 3.14. The Morgan fingerprint density at radius 2 is 1.88 bits per heavy atom. The van der Waals surface area contributed by atoms with Gasteiger partial charge in [-0.2, -0.15) is 5.26 Å². The molecule has 1 heterocycles. The second-order valence-corrected chi connectivity index (χ2v) is 6.47. The Bertz CT molecular complexity index is 950. The van der Waals surface area contributed by atoms with Crippen LogP contribution in [-0.4, -0.2) is 11.2 Å². The van der Waals surface area contributed by atoms with E-state index in [0.29, 0.717) is 31.0 Å². The summed E-state index contributed by atoms with van der Waals surface area (Å²) in [4.78, 5) is 0. The number of rotatable bonds is 6. The summed E-state index contributed by atoms with van der Waals surface area (Å²) < 4.78 is 7.87. The van der Waals surface area contributed by atoms with E-state index in [4.69, 9.17) is 10.5 Å². The molecular formula is C22H23N3O. The largest absolute Gasteiger partial charge is 0.491 e. The van der Waals surface area contributed by atoms with Crippen molar-refractivity contribution in [1.29, 1.82) is 5.26 Å². The van der Waals surface area contributed by atoms with Crippen molar-refractivity contribution in [2.45, 2.75) is 26.8 Å². The van der Waals surface area contributed by atoms with Crippen LogP contribution in [0.5, 0.6) is 5.75 Å². The number of nitriles is 1. The van der Waals surface area contributed by atoms with E-state index in [0.717, 1.165) is 17.0 Å². The fourth-order valence-electron chi connectivity index (χ4n) is 3.14. The molecule has 0 aliphatic heterocycles. The molecule has 2 aromatic carbocycles. The van der Waals surface area contributed by atoms with Crippen molar-refractivity contribution < 1.29 is 4.74 Å². The molecule has 2 N–H and O–H groups in total. The van der Waals surface area contributed by atoms with E-state index in [1.165, 1.54) is 11.1 Å². The zero-order valence-electron chi connectivity index (χ0n) is 15.2. The maximum Gasteiger partial charge on any atom is 0.122 e. The summed E-state index contributed by atoms with van der Waals surface area (Å²) in [6.45, 7) is 5.15. The highest BCUT2D eigenvalue weighted by molar-refractivity contribution is 5.52. The third kappa shape index (κ3) is 3.89. The molecule has 1 aromatic heterocycles. The number of benzene rings is 2. The minimum atomic E-state index is 0.481. The Balaban J connectivity index is 1.79. The zero-order valence-corrected chi connectivity index (χ0v) is 15.2. The predicted molar refractivity (Wildman–Crippen MR) is 104 cm³/mol. The molecule has 0 amide bonds. The van der Waals surface area contributed by atoms with Crippen molar-refractivity contribution in [1.82, 2.24) is 4.57 Å². The van der Waals surface area contributed by atoms with E-state index in [9.17, 15) is 5.26 Å². The Kier molecular flexibility index (Phi) is 5.28. The molecule has 0 radical (unpaired) electrons. The topological polar surface area (TPSA) is 64.0 Å². The first-order valence-corrected chi connectivity index (χ1v) is 8.70. The number of nitrogens with two attached hydrogens (primary N) is 1. The van der Waals surface area contributed by atoms with Gasteiger partial charge in [0.2, 0.25) is 0 Å². The lowest BCUT2D eigenvalue weighted by atomic mass is 10.1. The van der Waals surface area contributed by atoms with E-state index in [-0.39, 0.29) is 0 Å². The van der Waals surface area contributed by atoms with Gasteiger partial charge < -0.3 is 15.0 Å². The number of aromatic nitrogens is 1. The van der Waals surface area contributed by atoms with Crippen LogP contribution in [-0.2, 0) is 13.0 Å². The Morgan fingerprint density at radius 3 is 2.62 bits per heavy atom. The highest BCUT2D eigenvalue weighted by Crippen LogP contribution is 2.23. The quantitative estimate of drug-likeness (QED) is 0.727. The lowest BCUT2D eigenvalue weighted by Gasteiger charge is -2.14. The summed E-state index contributed by atoms with van der Waals surface area (Å²) in [5.41, 5.74) is 11.9. The molecule has 0 atom stereocenters. The Morgan fingerprint density at radius 1 is 1.08 bits per heavy atom. The maximum absolute atomic E-state index is 9.46. The molecule has 0 spiro atoms. The molecule has 3 rings (SSSR count). The number of nitrogen functional groups attached to an aromatic ring is 1. The smallest absolute Gasteiger partial charge is 0.122 e. The number of hydrogen-bond donors (Lipinski definition) is 1. The fraction of sp³-hybridized carbons (Fsp3) is 0.227. The van der Waals surface area contributed by atoms with Gasteiger partial charge in [-0.1, -0.05) is 48.0 Å². The van der Waals surface area contributed by atoms with E-state index in [2.05, 4.69) is 31.2 Å². The van der Waals surface area contributed by atoms with Gasteiger partial charge in [-0.3, -0.25) is 0 Å². The van der Waals surface area contributed by atoms with Gasteiger partial charge in [-0.25, -0.2) is 0 Å². The molecular weight excluding hydrogens is 322 g/mol. The SMILES string of the molecule is Cc1cccc(Cc2c(N)cc(C#N)n2CCOc2ccccc2C)c1. The molecule has 132 valence electrons. The molecule has 4 nitrogen and oxygen atoms in total. The van der Waals surface area contributed by atoms with Crippen molar-refractivity contribution in [3.05, 3.63) is 82.7 Å². The van der Waals surface area contributed by atoms with Gasteiger partial charge in [0.1, 0.15) is 24.1 Å². The summed E-state index contributed by atoms with van der Waals surface area (Å²) in [6, 6.07) is 20.3. The minimum Gasteiger partial charge on any atom is -0.491 e. The second kappa shape index (κ2) is 7.79. The first-order valence-electron chi connectivity index (χ1n) is 8.70. The number of aryl methyl sites for hydroxylation is 2. The van der Waals surface area contributed by atoms with Crippen molar-refractivity contribution in [3.8, 4) is 11.8 Å². The normalized spacial score (nSPS) is 10.5. The molecule has 26 heavy (non-hydrogen) atoms. The summed E-state index contributed by atoms with van der Waals surface area (Å²) in [6.07, 6.45) is 0.694. The van der Waals surface area contributed by atoms with Gasteiger partial charge in [0.15, 0.2) is 0 Å². The van der Waals surface area contributed by atoms with E-state index in [1.807, 2.05) is 41.8 Å². The lowest BCUT2D eigenvalue weighted by molar-refractivity contribution is 0.295. The maximum atomic E-state index is 9.46. The standard InChI is InChI=1S/C22H23N3O/c1-16-6-5-8-18(12-16)13-21-20(24)14-19(15-23)25(21)10-11-26-22-9-4-3-7-17(22)2/h3-9,12,14H,10-11,13,24H2,1-2H3. The molecule has 0 saturated carbocycles. The average molecular weight is 345 g/mol. The Labute approximate surface area is 154 Å². The monoisotopic (exact) mass is 345 g/mol. The van der Waals surface area contributed by atoms with Crippen LogP contribution < -0.4 is 10.5 Å². The van der Waals surface area contributed by atoms with Crippen LogP contribution in [0.2, 0.25) is 0 Å². The van der Waals surface area contributed by atoms with Crippen molar-refractivity contribution in [2.24, 2.45) is 0 Å². The molecule has 4 heteroatoms. The zero-order chi connectivity index (χ0) is 18.5. The third-order valence-electron chi connectivity index (χ3n) is 4.48. The van der Waals surface area contributed by atoms with Crippen LogP contribution in [0.15, 0.2) is 54.6 Å². The number of nitrogens with zero attached hydrogens (tertiary/aromatic N) is 2. The minimum absolute atomic E-state index is 0.481. The first kappa shape index (κ1) is 17.6. The average Bonchev–Trinajstić information content (AvgIpc) is 2.92. The molecule has 0 aliphatic carbocycles. The van der Waals surface area contributed by atoms with Gasteiger partial charge in [-0.05, 0) is 37.1 Å². The second-order valence-electron chi connectivity index (χ2n) is 6.47. The van der Waals surface area contributed by atoms with Gasteiger partial charge in [0.25, 0.3) is 0 Å². The molecule has 3 aromatic rings. The van der Waals surface area contributed by atoms with Gasteiger partial charge >= 0.3 is 0 Å². The van der Waals surface area contributed by atoms with Crippen LogP contribution in [0.25, 0.3) is 0 Å². The van der Waals surface area contributed by atoms with Crippen molar-refractivity contribution in [2.75, 3.05) is 12.3 Å². The van der Waals surface area contributed by atoms with E-state index < -0.39 is 0 Å². The third-order valence-corrected chi connectivity index (χ3v) is 4.48. The predicted octanol–water partition coefficient (Wildman–Crippen LogP) is 4.23. The highest BCUT2D eigenvalue weighted by atomic mass is 16.5. The summed E-state index contributed by atoms with van der Waals surface area (Å²) in [5, 5.41) is 9.46. The summed E-state index contributed by atoms with van der Waals surface area (Å²) in [7, 11) is 0. The number of hydrogen-bond acceptors (Lipinski definition) is 3. The lowest BCUT2D eigenvalue weighted by Crippen LogP contribution is -2.13. The van der Waals surface area contributed by atoms with Crippen LogP contribution >= 0.6 is 0 Å². The number of anilines is 1. The Hall–Kier alpha value is -3.19.